The Hall–Kier alpha value is -2.70. The highest BCUT2D eigenvalue weighted by Gasteiger charge is 2.23. The quantitative estimate of drug-likeness (QED) is 0.589. The molecule has 1 aliphatic rings. The van der Waals surface area contributed by atoms with Crippen LogP contribution in [0.3, 0.4) is 0 Å². The first-order valence-corrected chi connectivity index (χ1v) is 9.73. The van der Waals surface area contributed by atoms with Gasteiger partial charge in [-0.1, -0.05) is 48.5 Å². The second kappa shape index (κ2) is 10.6. The van der Waals surface area contributed by atoms with E-state index in [-0.39, 0.29) is 0 Å². The van der Waals surface area contributed by atoms with Crippen LogP contribution in [0.2, 0.25) is 0 Å². The molecule has 0 atom stereocenters. The van der Waals surface area contributed by atoms with Crippen molar-refractivity contribution in [2.45, 2.75) is 13.0 Å². The minimum atomic E-state index is -0.568. The van der Waals surface area contributed by atoms with E-state index in [9.17, 15) is 9.59 Å². The number of morpholine rings is 1. The zero-order valence-corrected chi connectivity index (χ0v) is 16.0. The molecule has 1 fully saturated rings. The van der Waals surface area contributed by atoms with Gasteiger partial charge in [0.25, 0.3) is 0 Å². The van der Waals surface area contributed by atoms with Crippen molar-refractivity contribution in [2.24, 2.45) is 0 Å². The number of anilines is 1. The van der Waals surface area contributed by atoms with Crippen LogP contribution in [0.1, 0.15) is 12.0 Å². The van der Waals surface area contributed by atoms with Gasteiger partial charge in [-0.3, -0.25) is 19.4 Å². The Morgan fingerprint density at radius 3 is 2.29 bits per heavy atom. The normalized spacial score (nSPS) is 14.4. The molecule has 1 N–H and O–H groups in total. The van der Waals surface area contributed by atoms with Crippen molar-refractivity contribution in [1.82, 2.24) is 10.2 Å². The van der Waals surface area contributed by atoms with Crippen LogP contribution in [-0.2, 0) is 20.9 Å². The molecule has 28 heavy (non-hydrogen) atoms. The lowest BCUT2D eigenvalue weighted by Gasteiger charge is -2.26. The van der Waals surface area contributed by atoms with Gasteiger partial charge in [-0.25, -0.2) is 0 Å². The number of para-hydroxylation sites is 1. The van der Waals surface area contributed by atoms with Crippen molar-refractivity contribution in [3.8, 4) is 0 Å². The number of amides is 2. The summed E-state index contributed by atoms with van der Waals surface area (Å²) in [6.07, 6.45) is 0.809. The van der Waals surface area contributed by atoms with Gasteiger partial charge in [0, 0.05) is 25.3 Å². The molecule has 2 amide bonds. The first-order valence-electron chi connectivity index (χ1n) is 9.73. The number of nitrogens with one attached hydrogen (secondary N) is 1. The highest BCUT2D eigenvalue weighted by molar-refractivity contribution is 6.40. The maximum absolute atomic E-state index is 12.8. The van der Waals surface area contributed by atoms with Crippen molar-refractivity contribution >= 4 is 17.5 Å². The molecular formula is C22H27N3O3. The van der Waals surface area contributed by atoms with E-state index in [2.05, 4.69) is 10.2 Å². The second-order valence-corrected chi connectivity index (χ2v) is 6.78. The number of hydrogen-bond donors (Lipinski definition) is 1. The molecule has 0 unspecified atom stereocenters. The minimum absolute atomic E-state index is 0.352. The Kier molecular flexibility index (Phi) is 7.58. The topological polar surface area (TPSA) is 61.9 Å². The third-order valence-electron chi connectivity index (χ3n) is 4.73. The van der Waals surface area contributed by atoms with Gasteiger partial charge in [0.1, 0.15) is 0 Å². The zero-order chi connectivity index (χ0) is 19.6. The molecule has 1 saturated heterocycles. The summed E-state index contributed by atoms with van der Waals surface area (Å²) in [5.74, 6) is -1.11. The summed E-state index contributed by atoms with van der Waals surface area (Å²) in [5, 5.41) is 2.77. The molecule has 1 heterocycles. The molecule has 0 aliphatic carbocycles. The number of hydrogen-bond acceptors (Lipinski definition) is 4. The molecule has 2 aromatic rings. The molecule has 3 rings (SSSR count). The van der Waals surface area contributed by atoms with E-state index >= 15 is 0 Å². The molecule has 2 aromatic carbocycles. The van der Waals surface area contributed by atoms with Crippen molar-refractivity contribution in [1.29, 1.82) is 0 Å². The van der Waals surface area contributed by atoms with Crippen LogP contribution in [0.5, 0.6) is 0 Å². The maximum atomic E-state index is 12.8. The van der Waals surface area contributed by atoms with Gasteiger partial charge >= 0.3 is 11.8 Å². The zero-order valence-electron chi connectivity index (χ0n) is 16.0. The van der Waals surface area contributed by atoms with Gasteiger partial charge in [-0.15, -0.1) is 0 Å². The largest absolute Gasteiger partial charge is 0.379 e. The molecule has 0 spiro atoms. The van der Waals surface area contributed by atoms with Crippen LogP contribution in [0.15, 0.2) is 60.7 Å². The Balaban J connectivity index is 1.56. The number of ether oxygens (including phenoxy) is 1. The maximum Gasteiger partial charge on any atom is 0.316 e. The molecule has 1 aliphatic heterocycles. The van der Waals surface area contributed by atoms with E-state index in [1.165, 1.54) is 4.90 Å². The van der Waals surface area contributed by atoms with Gasteiger partial charge in [0.05, 0.1) is 19.8 Å². The average Bonchev–Trinajstić information content (AvgIpc) is 2.76. The lowest BCUT2D eigenvalue weighted by molar-refractivity contribution is -0.137. The third-order valence-corrected chi connectivity index (χ3v) is 4.73. The van der Waals surface area contributed by atoms with Crippen LogP contribution in [-0.4, -0.2) is 56.1 Å². The Bertz CT molecular complexity index is 746. The van der Waals surface area contributed by atoms with E-state index in [1.54, 1.807) is 0 Å². The van der Waals surface area contributed by atoms with E-state index in [0.717, 1.165) is 44.8 Å². The molecule has 148 valence electrons. The first kappa shape index (κ1) is 20.0. The number of rotatable bonds is 7. The van der Waals surface area contributed by atoms with Gasteiger partial charge in [0.2, 0.25) is 0 Å². The molecule has 0 radical (unpaired) electrons. The first-order chi connectivity index (χ1) is 13.7. The summed E-state index contributed by atoms with van der Waals surface area (Å²) in [4.78, 5) is 29.1. The van der Waals surface area contributed by atoms with Gasteiger partial charge in [-0.2, -0.15) is 0 Å². The van der Waals surface area contributed by atoms with Crippen LogP contribution < -0.4 is 10.2 Å². The van der Waals surface area contributed by atoms with E-state index in [1.807, 2.05) is 60.7 Å². The van der Waals surface area contributed by atoms with Crippen molar-refractivity contribution in [2.75, 3.05) is 44.3 Å². The summed E-state index contributed by atoms with van der Waals surface area (Å²) >= 11 is 0. The predicted molar refractivity (Wildman–Crippen MR) is 109 cm³/mol. The summed E-state index contributed by atoms with van der Waals surface area (Å²) in [5.41, 5.74) is 1.68. The lowest BCUT2D eigenvalue weighted by Crippen LogP contribution is -2.44. The third kappa shape index (κ3) is 5.90. The average molecular weight is 381 g/mol. The summed E-state index contributed by atoms with van der Waals surface area (Å²) < 4.78 is 5.33. The number of carbonyl (C=O) groups excluding carboxylic acids is 2. The fourth-order valence-electron chi connectivity index (χ4n) is 3.18. The summed E-state index contributed by atoms with van der Waals surface area (Å²) in [6.45, 7) is 5.09. The van der Waals surface area contributed by atoms with E-state index in [4.69, 9.17) is 4.74 Å². The fourth-order valence-corrected chi connectivity index (χ4v) is 3.18. The van der Waals surface area contributed by atoms with Crippen LogP contribution in [0, 0.1) is 0 Å². The number of nitrogens with zero attached hydrogens (tertiary/aromatic N) is 2. The van der Waals surface area contributed by atoms with Gasteiger partial charge < -0.3 is 10.1 Å². The van der Waals surface area contributed by atoms with Crippen LogP contribution in [0.4, 0.5) is 5.69 Å². The lowest BCUT2D eigenvalue weighted by atomic mass is 10.2. The second-order valence-electron chi connectivity index (χ2n) is 6.78. The standard InChI is InChI=1S/C22H27N3O3/c26-21(23-12-7-13-24-14-16-28-17-15-24)22(27)25(20-10-5-2-6-11-20)18-19-8-3-1-4-9-19/h1-6,8-11H,7,12-18H2,(H,23,26). The Labute approximate surface area is 166 Å². The van der Waals surface area contributed by atoms with Crippen molar-refractivity contribution in [3.05, 3.63) is 66.2 Å². The summed E-state index contributed by atoms with van der Waals surface area (Å²) in [7, 11) is 0. The smallest absolute Gasteiger partial charge is 0.316 e. The minimum Gasteiger partial charge on any atom is -0.379 e. The molecule has 6 nitrogen and oxygen atoms in total. The highest BCUT2D eigenvalue weighted by atomic mass is 16.5. The number of carbonyl (C=O) groups is 2. The Morgan fingerprint density at radius 2 is 1.61 bits per heavy atom. The fraction of sp³-hybridized carbons (Fsp3) is 0.364. The number of benzene rings is 2. The van der Waals surface area contributed by atoms with Crippen LogP contribution >= 0.6 is 0 Å². The SMILES string of the molecule is O=C(NCCCN1CCOCC1)C(=O)N(Cc1ccccc1)c1ccccc1. The van der Waals surface area contributed by atoms with Crippen LogP contribution in [0.25, 0.3) is 0 Å². The van der Waals surface area contributed by atoms with E-state index < -0.39 is 11.8 Å². The molecule has 0 aromatic heterocycles. The van der Waals surface area contributed by atoms with Crippen molar-refractivity contribution in [3.63, 3.8) is 0 Å². The van der Waals surface area contributed by atoms with E-state index in [0.29, 0.717) is 18.8 Å². The van der Waals surface area contributed by atoms with Gasteiger partial charge in [-0.05, 0) is 30.7 Å². The van der Waals surface area contributed by atoms with Crippen molar-refractivity contribution < 1.29 is 14.3 Å². The van der Waals surface area contributed by atoms with Gasteiger partial charge in [0.15, 0.2) is 0 Å². The molecular weight excluding hydrogens is 354 g/mol. The summed E-state index contributed by atoms with van der Waals surface area (Å²) in [6, 6.07) is 19.0. The monoisotopic (exact) mass is 381 g/mol. The highest BCUT2D eigenvalue weighted by Crippen LogP contribution is 2.17. The Morgan fingerprint density at radius 1 is 0.964 bits per heavy atom. The molecule has 0 saturated carbocycles. The molecule has 6 heteroatoms. The molecule has 0 bridgehead atoms. The predicted octanol–water partition coefficient (Wildman–Crippen LogP) is 2.06.